The van der Waals surface area contributed by atoms with Crippen molar-refractivity contribution in [3.8, 4) is 11.5 Å². The van der Waals surface area contributed by atoms with Crippen molar-refractivity contribution in [3.05, 3.63) is 23.8 Å². The third kappa shape index (κ3) is 3.33. The van der Waals surface area contributed by atoms with Crippen molar-refractivity contribution in [1.29, 1.82) is 0 Å². The molecule has 0 unspecified atom stereocenters. The first-order valence-electron chi connectivity index (χ1n) is 7.77. The molecular formula is C17H22O3. The lowest BCUT2D eigenvalue weighted by Crippen LogP contribution is -2.13. The third-order valence-electron chi connectivity index (χ3n) is 4.25. The number of benzene rings is 1. The van der Waals surface area contributed by atoms with Crippen molar-refractivity contribution < 1.29 is 14.3 Å². The van der Waals surface area contributed by atoms with Gasteiger partial charge in [-0.1, -0.05) is 0 Å². The Morgan fingerprint density at radius 2 is 1.25 bits per heavy atom. The van der Waals surface area contributed by atoms with Gasteiger partial charge in [-0.3, -0.25) is 4.79 Å². The predicted molar refractivity (Wildman–Crippen MR) is 77.6 cm³/mol. The lowest BCUT2D eigenvalue weighted by atomic mass is 10.2. The Morgan fingerprint density at radius 3 is 1.65 bits per heavy atom. The molecule has 1 aromatic carbocycles. The van der Waals surface area contributed by atoms with E-state index >= 15 is 0 Å². The fraction of sp³-hybridized carbons (Fsp3) is 0.588. The molecule has 0 aromatic heterocycles. The monoisotopic (exact) mass is 274 g/mol. The average Bonchev–Trinajstić information content (AvgIpc) is 3.12. The second-order valence-corrected chi connectivity index (χ2v) is 5.90. The Balaban J connectivity index is 1.72. The quantitative estimate of drug-likeness (QED) is 0.757. The molecular weight excluding hydrogens is 252 g/mol. The highest BCUT2D eigenvalue weighted by molar-refractivity contribution is 5.76. The summed E-state index contributed by atoms with van der Waals surface area (Å²) >= 11 is 0. The molecule has 0 atom stereocenters. The molecule has 3 heteroatoms. The van der Waals surface area contributed by atoms with Crippen LogP contribution in [0, 0.1) is 0 Å². The number of aldehydes is 1. The molecule has 2 fully saturated rings. The number of carbonyl (C=O) groups excluding carboxylic acids is 1. The first-order valence-corrected chi connectivity index (χ1v) is 7.77. The van der Waals surface area contributed by atoms with Gasteiger partial charge in [0, 0.05) is 11.6 Å². The molecule has 0 N–H and O–H groups in total. The molecule has 1 aromatic rings. The van der Waals surface area contributed by atoms with E-state index in [0.717, 1.165) is 43.5 Å². The van der Waals surface area contributed by atoms with Crippen LogP contribution in [0.25, 0.3) is 0 Å². The van der Waals surface area contributed by atoms with Crippen LogP contribution >= 0.6 is 0 Å². The first kappa shape index (κ1) is 13.5. The van der Waals surface area contributed by atoms with Crippen LogP contribution in [0.15, 0.2) is 18.2 Å². The molecule has 2 aliphatic carbocycles. The zero-order valence-corrected chi connectivity index (χ0v) is 11.8. The van der Waals surface area contributed by atoms with Gasteiger partial charge in [-0.15, -0.1) is 0 Å². The van der Waals surface area contributed by atoms with E-state index in [2.05, 4.69) is 0 Å². The van der Waals surface area contributed by atoms with Crippen molar-refractivity contribution in [2.24, 2.45) is 0 Å². The van der Waals surface area contributed by atoms with Crippen LogP contribution in [-0.4, -0.2) is 18.5 Å². The van der Waals surface area contributed by atoms with Crippen LogP contribution in [0.5, 0.6) is 11.5 Å². The zero-order valence-electron chi connectivity index (χ0n) is 11.8. The molecule has 0 heterocycles. The van der Waals surface area contributed by atoms with E-state index in [1.807, 2.05) is 18.2 Å². The predicted octanol–water partition coefficient (Wildman–Crippen LogP) is 4.14. The molecule has 3 nitrogen and oxygen atoms in total. The number of rotatable bonds is 5. The Kier molecular flexibility index (Phi) is 4.24. The maximum atomic E-state index is 11.1. The molecule has 108 valence electrons. The van der Waals surface area contributed by atoms with Gasteiger partial charge in [0.05, 0.1) is 12.2 Å². The highest BCUT2D eigenvalue weighted by Crippen LogP contribution is 2.30. The van der Waals surface area contributed by atoms with E-state index in [9.17, 15) is 4.79 Å². The largest absolute Gasteiger partial charge is 0.490 e. The van der Waals surface area contributed by atoms with E-state index in [1.165, 1.54) is 25.7 Å². The summed E-state index contributed by atoms with van der Waals surface area (Å²) in [4.78, 5) is 11.1. The van der Waals surface area contributed by atoms with Crippen LogP contribution in [0.1, 0.15) is 61.7 Å². The summed E-state index contributed by atoms with van der Waals surface area (Å²) in [5.74, 6) is 1.55. The highest BCUT2D eigenvalue weighted by Gasteiger charge is 2.19. The summed E-state index contributed by atoms with van der Waals surface area (Å²) in [6.07, 6.45) is 10.9. The standard InChI is InChI=1S/C17H22O3/c18-12-13-9-16(19-14-5-1-2-6-14)11-17(10-13)20-15-7-3-4-8-15/h9-12,14-15H,1-8H2. The van der Waals surface area contributed by atoms with Crippen molar-refractivity contribution in [2.45, 2.75) is 63.6 Å². The molecule has 0 radical (unpaired) electrons. The smallest absolute Gasteiger partial charge is 0.150 e. The van der Waals surface area contributed by atoms with Gasteiger partial charge in [0.2, 0.25) is 0 Å². The van der Waals surface area contributed by atoms with Crippen molar-refractivity contribution in [1.82, 2.24) is 0 Å². The minimum absolute atomic E-state index is 0.302. The van der Waals surface area contributed by atoms with Crippen LogP contribution in [0.3, 0.4) is 0 Å². The van der Waals surface area contributed by atoms with E-state index < -0.39 is 0 Å². The van der Waals surface area contributed by atoms with Gasteiger partial charge in [0.1, 0.15) is 17.8 Å². The number of ether oxygens (including phenoxy) is 2. The fourth-order valence-electron chi connectivity index (χ4n) is 3.20. The molecule has 2 saturated carbocycles. The third-order valence-corrected chi connectivity index (χ3v) is 4.25. The topological polar surface area (TPSA) is 35.5 Å². The molecule has 0 saturated heterocycles. The summed E-state index contributed by atoms with van der Waals surface area (Å²) in [5.41, 5.74) is 0.633. The van der Waals surface area contributed by atoms with Gasteiger partial charge in [0.15, 0.2) is 0 Å². The second-order valence-electron chi connectivity index (χ2n) is 5.90. The molecule has 0 amide bonds. The number of hydrogen-bond donors (Lipinski definition) is 0. The minimum Gasteiger partial charge on any atom is -0.490 e. The van der Waals surface area contributed by atoms with E-state index in [1.54, 1.807) is 0 Å². The summed E-state index contributed by atoms with van der Waals surface area (Å²) in [5, 5.41) is 0. The van der Waals surface area contributed by atoms with Crippen molar-refractivity contribution in [2.75, 3.05) is 0 Å². The molecule has 20 heavy (non-hydrogen) atoms. The SMILES string of the molecule is O=Cc1cc(OC2CCCC2)cc(OC2CCCC2)c1. The Bertz CT molecular complexity index is 421. The van der Waals surface area contributed by atoms with E-state index in [0.29, 0.717) is 17.8 Å². The summed E-state index contributed by atoms with van der Waals surface area (Å²) < 4.78 is 12.0. The number of carbonyl (C=O) groups is 1. The lowest BCUT2D eigenvalue weighted by Gasteiger charge is -2.17. The van der Waals surface area contributed by atoms with E-state index in [-0.39, 0.29) is 0 Å². The maximum Gasteiger partial charge on any atom is 0.150 e. The van der Waals surface area contributed by atoms with Crippen LogP contribution in [0.4, 0.5) is 0 Å². The second kappa shape index (κ2) is 6.29. The highest BCUT2D eigenvalue weighted by atomic mass is 16.5. The summed E-state index contributed by atoms with van der Waals surface area (Å²) in [7, 11) is 0. The molecule has 0 aliphatic heterocycles. The van der Waals surface area contributed by atoms with Crippen LogP contribution in [0.2, 0.25) is 0 Å². The Labute approximate surface area is 120 Å². The van der Waals surface area contributed by atoms with Gasteiger partial charge in [0.25, 0.3) is 0 Å². The fourth-order valence-corrected chi connectivity index (χ4v) is 3.20. The lowest BCUT2D eigenvalue weighted by molar-refractivity contribution is 0.112. The number of hydrogen-bond acceptors (Lipinski definition) is 3. The summed E-state index contributed by atoms with van der Waals surface area (Å²) in [6, 6.07) is 5.56. The molecule has 3 rings (SSSR count). The van der Waals surface area contributed by atoms with Crippen LogP contribution < -0.4 is 9.47 Å². The van der Waals surface area contributed by atoms with Gasteiger partial charge >= 0.3 is 0 Å². The zero-order chi connectivity index (χ0) is 13.8. The summed E-state index contributed by atoms with van der Waals surface area (Å²) in [6.45, 7) is 0. The van der Waals surface area contributed by atoms with Gasteiger partial charge in [-0.25, -0.2) is 0 Å². The minimum atomic E-state index is 0.302. The van der Waals surface area contributed by atoms with E-state index in [4.69, 9.17) is 9.47 Å². The molecule has 0 bridgehead atoms. The van der Waals surface area contributed by atoms with Gasteiger partial charge < -0.3 is 9.47 Å². The molecule has 2 aliphatic rings. The Hall–Kier alpha value is -1.51. The Morgan fingerprint density at radius 1 is 0.800 bits per heavy atom. The van der Waals surface area contributed by atoms with Gasteiger partial charge in [-0.2, -0.15) is 0 Å². The maximum absolute atomic E-state index is 11.1. The van der Waals surface area contributed by atoms with Gasteiger partial charge in [-0.05, 0) is 63.5 Å². The van der Waals surface area contributed by atoms with Crippen molar-refractivity contribution in [3.63, 3.8) is 0 Å². The molecule has 0 spiro atoms. The normalized spacial score (nSPS) is 20.2. The van der Waals surface area contributed by atoms with Crippen molar-refractivity contribution >= 4 is 6.29 Å². The average molecular weight is 274 g/mol. The van der Waals surface area contributed by atoms with Crippen LogP contribution in [-0.2, 0) is 0 Å². The first-order chi connectivity index (χ1) is 9.83.